The Bertz CT molecular complexity index is 321. The molecule has 0 spiro atoms. The summed E-state index contributed by atoms with van der Waals surface area (Å²) in [6, 6.07) is 0. The van der Waals surface area contributed by atoms with Crippen molar-refractivity contribution in [3.05, 3.63) is 11.1 Å². The molecule has 1 aromatic rings. The predicted molar refractivity (Wildman–Crippen MR) is 66.7 cm³/mol. The van der Waals surface area contributed by atoms with Gasteiger partial charge >= 0.3 is 0 Å². The second kappa shape index (κ2) is 5.61. The van der Waals surface area contributed by atoms with E-state index in [0.29, 0.717) is 11.2 Å². The Kier molecular flexibility index (Phi) is 4.15. The molecule has 2 rings (SSSR count). The van der Waals surface area contributed by atoms with Crippen LogP contribution >= 0.6 is 11.3 Å². The van der Waals surface area contributed by atoms with Crippen LogP contribution in [0.1, 0.15) is 18.5 Å². The second-order valence-corrected chi connectivity index (χ2v) is 5.09. The quantitative estimate of drug-likeness (QED) is 0.865. The maximum Gasteiger partial charge on any atom is 0.180 e. The van der Waals surface area contributed by atoms with Crippen molar-refractivity contribution in [3.63, 3.8) is 0 Å². The monoisotopic (exact) mass is 241 g/mol. The van der Waals surface area contributed by atoms with Gasteiger partial charge in [-0.2, -0.15) is 0 Å². The van der Waals surface area contributed by atoms with Crippen molar-refractivity contribution < 1.29 is 4.74 Å². The molecule has 16 heavy (non-hydrogen) atoms. The van der Waals surface area contributed by atoms with Gasteiger partial charge < -0.3 is 15.4 Å². The maximum absolute atomic E-state index is 5.60. The first-order chi connectivity index (χ1) is 7.78. The number of likely N-dealkylation sites (tertiary alicyclic amines) is 1. The van der Waals surface area contributed by atoms with E-state index in [9.17, 15) is 0 Å². The van der Waals surface area contributed by atoms with Gasteiger partial charge in [-0.1, -0.05) is 0 Å². The van der Waals surface area contributed by atoms with Crippen LogP contribution in [0.2, 0.25) is 0 Å². The fourth-order valence-corrected chi connectivity index (χ4v) is 2.68. The van der Waals surface area contributed by atoms with Gasteiger partial charge in [0.05, 0.1) is 11.8 Å². The zero-order valence-corrected chi connectivity index (χ0v) is 10.5. The number of thiazole rings is 1. The van der Waals surface area contributed by atoms with E-state index in [1.165, 1.54) is 11.3 Å². The largest absolute Gasteiger partial charge is 0.381 e. The molecule has 0 atom stereocenters. The summed E-state index contributed by atoms with van der Waals surface area (Å²) < 4.78 is 5.35. The van der Waals surface area contributed by atoms with E-state index in [4.69, 9.17) is 10.5 Å². The number of hydrogen-bond acceptors (Lipinski definition) is 5. The standard InChI is InChI=1S/C11H19N3OS/c1-15-10-3-6-14(7-4-10)5-2-9-8-16-11(12)13-9/h8,10H,2-7H2,1H3,(H2,12,13). The third-order valence-electron chi connectivity index (χ3n) is 3.12. The highest BCUT2D eigenvalue weighted by atomic mass is 32.1. The number of piperidine rings is 1. The van der Waals surface area contributed by atoms with Crippen LogP contribution in [0.5, 0.6) is 0 Å². The summed E-state index contributed by atoms with van der Waals surface area (Å²) in [4.78, 5) is 6.75. The molecule has 1 aromatic heterocycles. The summed E-state index contributed by atoms with van der Waals surface area (Å²) in [5.74, 6) is 0. The van der Waals surface area contributed by atoms with Gasteiger partial charge in [0.1, 0.15) is 0 Å². The van der Waals surface area contributed by atoms with Gasteiger partial charge in [-0.05, 0) is 12.8 Å². The van der Waals surface area contributed by atoms with Crippen LogP contribution in [0.25, 0.3) is 0 Å². The van der Waals surface area contributed by atoms with Crippen molar-refractivity contribution in [2.45, 2.75) is 25.4 Å². The highest BCUT2D eigenvalue weighted by Gasteiger charge is 2.18. The Morgan fingerprint density at radius 2 is 2.31 bits per heavy atom. The summed E-state index contributed by atoms with van der Waals surface area (Å²) in [6.45, 7) is 3.36. The van der Waals surface area contributed by atoms with E-state index in [1.807, 2.05) is 0 Å². The maximum atomic E-state index is 5.60. The van der Waals surface area contributed by atoms with Gasteiger partial charge in [0.15, 0.2) is 5.13 Å². The topological polar surface area (TPSA) is 51.4 Å². The molecule has 1 fully saturated rings. The third-order valence-corrected chi connectivity index (χ3v) is 3.84. The number of nitrogens with two attached hydrogens (primary N) is 1. The van der Waals surface area contributed by atoms with E-state index in [-0.39, 0.29) is 0 Å². The molecule has 2 heterocycles. The minimum Gasteiger partial charge on any atom is -0.381 e. The minimum absolute atomic E-state index is 0.464. The van der Waals surface area contributed by atoms with E-state index < -0.39 is 0 Å². The normalized spacial score (nSPS) is 19.1. The van der Waals surface area contributed by atoms with Crippen molar-refractivity contribution in [2.24, 2.45) is 0 Å². The number of methoxy groups -OCH3 is 1. The summed E-state index contributed by atoms with van der Waals surface area (Å²) >= 11 is 1.52. The van der Waals surface area contributed by atoms with Gasteiger partial charge in [-0.3, -0.25) is 0 Å². The Hall–Kier alpha value is -0.650. The molecule has 1 saturated heterocycles. The lowest BCUT2D eigenvalue weighted by Crippen LogP contribution is -2.37. The molecule has 1 aliphatic heterocycles. The molecular formula is C11H19N3OS. The van der Waals surface area contributed by atoms with Crippen molar-refractivity contribution in [3.8, 4) is 0 Å². The first-order valence-electron chi connectivity index (χ1n) is 5.73. The van der Waals surface area contributed by atoms with Crippen LogP contribution in [0, 0.1) is 0 Å². The summed E-state index contributed by atoms with van der Waals surface area (Å²) in [6.07, 6.45) is 3.77. The molecule has 0 aliphatic carbocycles. The highest BCUT2D eigenvalue weighted by Crippen LogP contribution is 2.15. The van der Waals surface area contributed by atoms with Gasteiger partial charge in [-0.15, -0.1) is 11.3 Å². The highest BCUT2D eigenvalue weighted by molar-refractivity contribution is 7.13. The Morgan fingerprint density at radius 1 is 1.56 bits per heavy atom. The Balaban J connectivity index is 1.71. The number of hydrogen-bond donors (Lipinski definition) is 1. The molecule has 1 aliphatic rings. The summed E-state index contributed by atoms with van der Waals surface area (Å²) in [5.41, 5.74) is 6.72. The number of aromatic nitrogens is 1. The van der Waals surface area contributed by atoms with E-state index in [0.717, 1.165) is 44.6 Å². The van der Waals surface area contributed by atoms with Crippen LogP contribution in [0.3, 0.4) is 0 Å². The Labute approximate surface area is 100 Å². The molecule has 0 radical (unpaired) electrons. The van der Waals surface area contributed by atoms with Crippen molar-refractivity contribution in [1.29, 1.82) is 0 Å². The fourth-order valence-electron chi connectivity index (χ4n) is 2.08. The first kappa shape index (κ1) is 11.8. The van der Waals surface area contributed by atoms with E-state index in [2.05, 4.69) is 15.3 Å². The minimum atomic E-state index is 0.464. The lowest BCUT2D eigenvalue weighted by molar-refractivity contribution is 0.0414. The average Bonchev–Trinajstić information content (AvgIpc) is 2.73. The molecule has 90 valence electrons. The van der Waals surface area contributed by atoms with Crippen molar-refractivity contribution >= 4 is 16.5 Å². The first-order valence-corrected chi connectivity index (χ1v) is 6.61. The van der Waals surface area contributed by atoms with Crippen molar-refractivity contribution in [2.75, 3.05) is 32.5 Å². The molecule has 0 amide bonds. The summed E-state index contributed by atoms with van der Waals surface area (Å²) in [7, 11) is 1.80. The zero-order chi connectivity index (χ0) is 11.4. The molecular weight excluding hydrogens is 222 g/mol. The smallest absolute Gasteiger partial charge is 0.180 e. The van der Waals surface area contributed by atoms with E-state index >= 15 is 0 Å². The SMILES string of the molecule is COC1CCN(CCc2csc(N)n2)CC1. The predicted octanol–water partition coefficient (Wildman–Crippen LogP) is 1.38. The van der Waals surface area contributed by atoms with Crippen LogP contribution in [-0.2, 0) is 11.2 Å². The molecule has 2 N–H and O–H groups in total. The number of nitrogens with zero attached hydrogens (tertiary/aromatic N) is 2. The number of rotatable bonds is 4. The van der Waals surface area contributed by atoms with E-state index in [1.54, 1.807) is 7.11 Å². The van der Waals surface area contributed by atoms with Gasteiger partial charge in [0.25, 0.3) is 0 Å². The zero-order valence-electron chi connectivity index (χ0n) is 9.69. The number of nitrogen functional groups attached to an aromatic ring is 1. The molecule has 5 heteroatoms. The third kappa shape index (κ3) is 3.17. The van der Waals surface area contributed by atoms with Gasteiger partial charge in [0.2, 0.25) is 0 Å². The Morgan fingerprint density at radius 3 is 2.88 bits per heavy atom. The lowest BCUT2D eigenvalue weighted by atomic mass is 10.1. The van der Waals surface area contributed by atoms with Crippen LogP contribution in [-0.4, -0.2) is 42.7 Å². The van der Waals surface area contributed by atoms with Crippen LogP contribution < -0.4 is 5.73 Å². The van der Waals surface area contributed by atoms with Crippen LogP contribution in [0.4, 0.5) is 5.13 Å². The fraction of sp³-hybridized carbons (Fsp3) is 0.727. The molecule has 0 unspecified atom stereocenters. The summed E-state index contributed by atoms with van der Waals surface area (Å²) in [5, 5.41) is 2.73. The number of ether oxygens (including phenoxy) is 1. The number of anilines is 1. The van der Waals surface area contributed by atoms with Crippen LogP contribution in [0.15, 0.2) is 5.38 Å². The van der Waals surface area contributed by atoms with Gasteiger partial charge in [-0.25, -0.2) is 4.98 Å². The second-order valence-electron chi connectivity index (χ2n) is 4.20. The van der Waals surface area contributed by atoms with Gasteiger partial charge in [0, 0.05) is 38.5 Å². The lowest BCUT2D eigenvalue weighted by Gasteiger charge is -2.30. The van der Waals surface area contributed by atoms with Crippen molar-refractivity contribution in [1.82, 2.24) is 9.88 Å². The molecule has 0 bridgehead atoms. The molecule has 4 nitrogen and oxygen atoms in total. The molecule has 0 aromatic carbocycles. The average molecular weight is 241 g/mol. The molecule has 0 saturated carbocycles.